The van der Waals surface area contributed by atoms with Crippen LogP contribution in [-0.2, 0) is 17.6 Å². The number of carboxylic acids is 1. The first-order valence-electron chi connectivity index (χ1n) is 13.5. The standard InChI is InChI=1S/C31H40N2O3/c1-36-28-14-15-30-29(22-28)26(17-19-32-30)12-7-11-25-18-21-33(23-27(25)13-16-31(34)35)20-6-5-10-24-8-3-2-4-9-24/h2-4,8-9,14-15,17,19,22,25,27H,5-7,10-13,16,18,20-21,23H2,1H3,(H,34,35). The van der Waals surface area contributed by atoms with E-state index >= 15 is 0 Å². The lowest BCUT2D eigenvalue weighted by molar-refractivity contribution is -0.137. The molecule has 3 aromatic rings. The van der Waals surface area contributed by atoms with Crippen LogP contribution < -0.4 is 4.74 Å². The van der Waals surface area contributed by atoms with Gasteiger partial charge in [-0.1, -0.05) is 30.3 Å². The molecule has 0 bridgehead atoms. The van der Waals surface area contributed by atoms with Crippen LogP contribution >= 0.6 is 0 Å². The summed E-state index contributed by atoms with van der Waals surface area (Å²) >= 11 is 0. The highest BCUT2D eigenvalue weighted by atomic mass is 16.5. The number of carboxylic acid groups (broad SMARTS) is 1. The van der Waals surface area contributed by atoms with Crippen molar-refractivity contribution >= 4 is 16.9 Å². The van der Waals surface area contributed by atoms with E-state index in [9.17, 15) is 9.90 Å². The molecule has 1 N–H and O–H groups in total. The zero-order valence-corrected chi connectivity index (χ0v) is 21.6. The number of carbonyl (C=O) groups is 1. The molecule has 2 aromatic carbocycles. The summed E-state index contributed by atoms with van der Waals surface area (Å²) in [5.41, 5.74) is 3.74. The highest BCUT2D eigenvalue weighted by molar-refractivity contribution is 5.83. The maximum atomic E-state index is 11.3. The smallest absolute Gasteiger partial charge is 0.303 e. The van der Waals surface area contributed by atoms with Crippen LogP contribution in [0.1, 0.15) is 56.1 Å². The van der Waals surface area contributed by atoms with E-state index in [-0.39, 0.29) is 6.42 Å². The third-order valence-corrected chi connectivity index (χ3v) is 7.80. The van der Waals surface area contributed by atoms with Crippen molar-refractivity contribution in [2.75, 3.05) is 26.7 Å². The molecule has 1 aliphatic heterocycles. The van der Waals surface area contributed by atoms with Crippen molar-refractivity contribution in [3.63, 3.8) is 0 Å². The molecular weight excluding hydrogens is 448 g/mol. The molecular formula is C31H40N2O3. The minimum atomic E-state index is -0.675. The summed E-state index contributed by atoms with van der Waals surface area (Å²) in [7, 11) is 1.70. The SMILES string of the molecule is COc1ccc2nccc(CCCC3CCN(CCCCc4ccccc4)CC3CCC(=O)O)c2c1. The molecule has 5 heteroatoms. The minimum Gasteiger partial charge on any atom is -0.497 e. The van der Waals surface area contributed by atoms with Gasteiger partial charge in [-0.25, -0.2) is 0 Å². The normalized spacial score (nSPS) is 18.4. The van der Waals surface area contributed by atoms with Crippen molar-refractivity contribution < 1.29 is 14.6 Å². The molecule has 0 saturated carbocycles. The molecule has 0 aliphatic carbocycles. The number of ether oxygens (including phenoxy) is 1. The van der Waals surface area contributed by atoms with E-state index < -0.39 is 5.97 Å². The number of rotatable bonds is 13. The monoisotopic (exact) mass is 488 g/mol. The third kappa shape index (κ3) is 7.54. The summed E-state index contributed by atoms with van der Waals surface area (Å²) in [6.07, 6.45) is 10.9. The second-order valence-corrected chi connectivity index (χ2v) is 10.2. The zero-order valence-electron chi connectivity index (χ0n) is 21.6. The summed E-state index contributed by atoms with van der Waals surface area (Å²) < 4.78 is 5.42. The summed E-state index contributed by atoms with van der Waals surface area (Å²) in [5, 5.41) is 10.5. The van der Waals surface area contributed by atoms with Crippen LogP contribution in [-0.4, -0.2) is 47.7 Å². The number of fused-ring (bicyclic) bond motifs is 1. The Kier molecular flexibility index (Phi) is 9.74. The van der Waals surface area contributed by atoms with E-state index in [1.807, 2.05) is 18.3 Å². The second-order valence-electron chi connectivity index (χ2n) is 10.2. The molecule has 0 amide bonds. The number of methoxy groups -OCH3 is 1. The van der Waals surface area contributed by atoms with E-state index in [1.54, 1.807) is 7.11 Å². The number of aromatic nitrogens is 1. The van der Waals surface area contributed by atoms with E-state index in [1.165, 1.54) is 35.8 Å². The first-order valence-corrected chi connectivity index (χ1v) is 13.5. The molecule has 2 heterocycles. The fourth-order valence-electron chi connectivity index (χ4n) is 5.77. The molecule has 36 heavy (non-hydrogen) atoms. The molecule has 4 rings (SSSR count). The average Bonchev–Trinajstić information content (AvgIpc) is 2.91. The van der Waals surface area contributed by atoms with Gasteiger partial charge in [0.25, 0.3) is 0 Å². The van der Waals surface area contributed by atoms with Gasteiger partial charge in [0.2, 0.25) is 0 Å². The van der Waals surface area contributed by atoms with Crippen LogP contribution in [0.3, 0.4) is 0 Å². The van der Waals surface area contributed by atoms with Crippen LogP contribution in [0.15, 0.2) is 60.8 Å². The molecule has 0 spiro atoms. The van der Waals surface area contributed by atoms with Gasteiger partial charge in [-0.15, -0.1) is 0 Å². The Morgan fingerprint density at radius 2 is 1.89 bits per heavy atom. The van der Waals surface area contributed by atoms with Gasteiger partial charge in [0.05, 0.1) is 12.6 Å². The van der Waals surface area contributed by atoms with Crippen molar-refractivity contribution in [1.29, 1.82) is 0 Å². The molecule has 0 radical (unpaired) electrons. The Morgan fingerprint density at radius 1 is 1.03 bits per heavy atom. The first kappa shape index (κ1) is 26.2. The van der Waals surface area contributed by atoms with Crippen LogP contribution in [0.25, 0.3) is 10.9 Å². The van der Waals surface area contributed by atoms with Crippen molar-refractivity contribution in [1.82, 2.24) is 9.88 Å². The van der Waals surface area contributed by atoms with Crippen molar-refractivity contribution in [2.45, 2.75) is 57.8 Å². The number of aryl methyl sites for hydroxylation is 2. The molecule has 1 saturated heterocycles. The Bertz CT molecular complexity index is 1100. The lowest BCUT2D eigenvalue weighted by Crippen LogP contribution is -2.41. The number of benzene rings is 2. The van der Waals surface area contributed by atoms with Crippen LogP contribution in [0, 0.1) is 11.8 Å². The van der Waals surface area contributed by atoms with E-state index in [0.29, 0.717) is 11.8 Å². The molecule has 2 atom stereocenters. The highest BCUT2D eigenvalue weighted by Gasteiger charge is 2.29. The number of hydrogen-bond acceptors (Lipinski definition) is 4. The number of pyridine rings is 1. The molecule has 5 nitrogen and oxygen atoms in total. The zero-order chi connectivity index (χ0) is 25.2. The number of unbranched alkanes of at least 4 members (excludes halogenated alkanes) is 1. The maximum absolute atomic E-state index is 11.3. The number of nitrogens with zero attached hydrogens (tertiary/aromatic N) is 2. The molecule has 1 aliphatic rings. The second kappa shape index (κ2) is 13.4. The van der Waals surface area contributed by atoms with Crippen molar-refractivity contribution in [3.8, 4) is 5.75 Å². The van der Waals surface area contributed by atoms with Crippen molar-refractivity contribution in [2.24, 2.45) is 11.8 Å². The Balaban J connectivity index is 1.28. The Hall–Kier alpha value is -2.92. The van der Waals surface area contributed by atoms with E-state index in [2.05, 4.69) is 52.3 Å². The lowest BCUT2D eigenvalue weighted by Gasteiger charge is -2.39. The van der Waals surface area contributed by atoms with E-state index in [0.717, 1.165) is 63.0 Å². The average molecular weight is 489 g/mol. The lowest BCUT2D eigenvalue weighted by atomic mass is 9.79. The fourth-order valence-corrected chi connectivity index (χ4v) is 5.77. The third-order valence-electron chi connectivity index (χ3n) is 7.80. The number of hydrogen-bond donors (Lipinski definition) is 1. The summed E-state index contributed by atoms with van der Waals surface area (Å²) in [6, 6.07) is 18.9. The summed E-state index contributed by atoms with van der Waals surface area (Å²) in [5.74, 6) is 1.26. The Labute approximate surface area is 215 Å². The van der Waals surface area contributed by atoms with Crippen molar-refractivity contribution in [3.05, 3.63) is 71.9 Å². The number of likely N-dealkylation sites (tertiary alicyclic amines) is 1. The number of piperidine rings is 1. The maximum Gasteiger partial charge on any atom is 0.303 e. The molecule has 2 unspecified atom stereocenters. The highest BCUT2D eigenvalue weighted by Crippen LogP contribution is 2.32. The van der Waals surface area contributed by atoms with Gasteiger partial charge in [0, 0.05) is 24.5 Å². The van der Waals surface area contributed by atoms with Gasteiger partial charge in [0.1, 0.15) is 5.75 Å². The molecule has 1 aromatic heterocycles. The van der Waals surface area contributed by atoms with Gasteiger partial charge in [-0.3, -0.25) is 9.78 Å². The molecule has 1 fully saturated rings. The quantitative estimate of drug-likeness (QED) is 0.282. The van der Waals surface area contributed by atoms with Gasteiger partial charge >= 0.3 is 5.97 Å². The van der Waals surface area contributed by atoms with Gasteiger partial charge < -0.3 is 14.7 Å². The molecule has 192 valence electrons. The summed E-state index contributed by atoms with van der Waals surface area (Å²) in [6.45, 7) is 3.29. The predicted octanol–water partition coefficient (Wildman–Crippen LogP) is 6.39. The largest absolute Gasteiger partial charge is 0.497 e. The van der Waals surface area contributed by atoms with Crippen LogP contribution in [0.5, 0.6) is 5.75 Å². The van der Waals surface area contributed by atoms with Crippen LogP contribution in [0.4, 0.5) is 0 Å². The van der Waals surface area contributed by atoms with E-state index in [4.69, 9.17) is 4.74 Å². The first-order chi connectivity index (χ1) is 17.6. The minimum absolute atomic E-state index is 0.276. The van der Waals surface area contributed by atoms with Crippen LogP contribution in [0.2, 0.25) is 0 Å². The van der Waals surface area contributed by atoms with Gasteiger partial charge in [-0.2, -0.15) is 0 Å². The fraction of sp³-hybridized carbons (Fsp3) is 0.484. The Morgan fingerprint density at radius 3 is 2.69 bits per heavy atom. The number of aliphatic carboxylic acids is 1. The van der Waals surface area contributed by atoms with Gasteiger partial charge in [0.15, 0.2) is 0 Å². The predicted molar refractivity (Wildman–Crippen MR) is 146 cm³/mol. The topological polar surface area (TPSA) is 62.7 Å². The van der Waals surface area contributed by atoms with Gasteiger partial charge in [-0.05, 0) is 112 Å². The summed E-state index contributed by atoms with van der Waals surface area (Å²) in [4.78, 5) is 18.4.